The third kappa shape index (κ3) is 3.92. The first-order chi connectivity index (χ1) is 9.56. The first kappa shape index (κ1) is 14.8. The second kappa shape index (κ2) is 6.68. The van der Waals surface area contributed by atoms with Gasteiger partial charge in [0.2, 0.25) is 0 Å². The molecule has 0 amide bonds. The largest absolute Gasteiger partial charge is 0.391 e. The Morgan fingerprint density at radius 2 is 1.90 bits per heavy atom. The highest BCUT2D eigenvalue weighted by molar-refractivity contribution is 6.29. The molecule has 1 atom stereocenters. The van der Waals surface area contributed by atoms with Crippen molar-refractivity contribution in [2.24, 2.45) is 5.92 Å². The zero-order valence-corrected chi connectivity index (χ0v) is 12.3. The van der Waals surface area contributed by atoms with Gasteiger partial charge in [-0.2, -0.15) is 0 Å². The summed E-state index contributed by atoms with van der Waals surface area (Å²) in [4.78, 5) is 8.64. The van der Waals surface area contributed by atoms with Crippen LogP contribution in [0.25, 0.3) is 11.4 Å². The molecule has 0 aliphatic rings. The van der Waals surface area contributed by atoms with Crippen molar-refractivity contribution < 1.29 is 5.11 Å². The van der Waals surface area contributed by atoms with Crippen LogP contribution >= 0.6 is 11.6 Å². The highest BCUT2D eigenvalue weighted by Crippen LogP contribution is 2.20. The van der Waals surface area contributed by atoms with Crippen LogP contribution in [0.2, 0.25) is 5.15 Å². The zero-order valence-electron chi connectivity index (χ0n) is 11.5. The molecule has 2 rings (SSSR count). The van der Waals surface area contributed by atoms with Crippen LogP contribution in [0.3, 0.4) is 0 Å². The van der Waals surface area contributed by atoms with Gasteiger partial charge in [-0.3, -0.25) is 0 Å². The molecule has 106 valence electrons. The Labute approximate surface area is 123 Å². The number of benzene rings is 1. The predicted octanol–water partition coefficient (Wildman–Crippen LogP) is 3.23. The summed E-state index contributed by atoms with van der Waals surface area (Å²) in [6, 6.07) is 11.3. The Hall–Kier alpha value is -1.65. The maximum absolute atomic E-state index is 9.80. The van der Waals surface area contributed by atoms with Gasteiger partial charge in [0.25, 0.3) is 0 Å². The van der Waals surface area contributed by atoms with Gasteiger partial charge < -0.3 is 10.4 Å². The van der Waals surface area contributed by atoms with Crippen LogP contribution in [0.15, 0.2) is 36.4 Å². The number of aliphatic hydroxyl groups is 1. The number of hydrogen-bond acceptors (Lipinski definition) is 4. The lowest BCUT2D eigenvalue weighted by Crippen LogP contribution is -2.25. The summed E-state index contributed by atoms with van der Waals surface area (Å²) in [7, 11) is 0. The molecule has 1 unspecified atom stereocenters. The molecular formula is C15H18ClN3O. The molecule has 0 saturated heterocycles. The van der Waals surface area contributed by atoms with E-state index in [4.69, 9.17) is 11.6 Å². The van der Waals surface area contributed by atoms with Crippen LogP contribution in [0, 0.1) is 5.92 Å². The Morgan fingerprint density at radius 3 is 2.55 bits per heavy atom. The molecule has 1 aromatic heterocycles. The van der Waals surface area contributed by atoms with Crippen molar-refractivity contribution in [3.05, 3.63) is 41.6 Å². The Bertz CT molecular complexity index is 560. The van der Waals surface area contributed by atoms with E-state index in [9.17, 15) is 5.11 Å². The van der Waals surface area contributed by atoms with Gasteiger partial charge in [-0.15, -0.1) is 0 Å². The van der Waals surface area contributed by atoms with Crippen molar-refractivity contribution in [2.75, 3.05) is 11.9 Å². The normalized spacial score (nSPS) is 12.4. The molecule has 0 aliphatic heterocycles. The summed E-state index contributed by atoms with van der Waals surface area (Å²) in [5.74, 6) is 1.37. The lowest BCUT2D eigenvalue weighted by molar-refractivity contribution is 0.138. The number of aromatic nitrogens is 2. The van der Waals surface area contributed by atoms with Crippen molar-refractivity contribution >= 4 is 17.4 Å². The van der Waals surface area contributed by atoms with Gasteiger partial charge >= 0.3 is 0 Å². The first-order valence-corrected chi connectivity index (χ1v) is 6.96. The van der Waals surface area contributed by atoms with Gasteiger partial charge in [0.05, 0.1) is 6.10 Å². The lowest BCUT2D eigenvalue weighted by Gasteiger charge is -2.15. The van der Waals surface area contributed by atoms with Crippen LogP contribution in [0.1, 0.15) is 13.8 Å². The molecule has 5 heteroatoms. The second-order valence-corrected chi connectivity index (χ2v) is 5.35. The average molecular weight is 292 g/mol. The predicted molar refractivity (Wildman–Crippen MR) is 81.8 cm³/mol. The summed E-state index contributed by atoms with van der Waals surface area (Å²) in [5.41, 5.74) is 0.905. The Kier molecular flexibility index (Phi) is 4.93. The number of nitrogens with one attached hydrogen (secondary N) is 1. The lowest BCUT2D eigenvalue weighted by atomic mass is 10.1. The smallest absolute Gasteiger partial charge is 0.163 e. The maximum Gasteiger partial charge on any atom is 0.163 e. The van der Waals surface area contributed by atoms with E-state index in [0.717, 1.165) is 5.56 Å². The van der Waals surface area contributed by atoms with E-state index in [1.807, 2.05) is 44.2 Å². The van der Waals surface area contributed by atoms with Crippen molar-refractivity contribution in [3.8, 4) is 11.4 Å². The number of rotatable bonds is 5. The molecule has 0 saturated carbocycles. The third-order valence-electron chi connectivity index (χ3n) is 2.99. The first-order valence-electron chi connectivity index (χ1n) is 6.58. The molecule has 4 nitrogen and oxygen atoms in total. The second-order valence-electron chi connectivity index (χ2n) is 4.96. The third-order valence-corrected chi connectivity index (χ3v) is 3.18. The highest BCUT2D eigenvalue weighted by Gasteiger charge is 2.10. The van der Waals surface area contributed by atoms with Gasteiger partial charge in [0.15, 0.2) is 5.82 Å². The van der Waals surface area contributed by atoms with Gasteiger partial charge in [-0.25, -0.2) is 9.97 Å². The van der Waals surface area contributed by atoms with E-state index in [2.05, 4.69) is 15.3 Å². The van der Waals surface area contributed by atoms with E-state index < -0.39 is 6.10 Å². The van der Waals surface area contributed by atoms with Crippen molar-refractivity contribution in [1.29, 1.82) is 0 Å². The summed E-state index contributed by atoms with van der Waals surface area (Å²) in [6.07, 6.45) is -0.427. The molecular weight excluding hydrogens is 274 g/mol. The van der Waals surface area contributed by atoms with Gasteiger partial charge in [-0.05, 0) is 5.92 Å². The topological polar surface area (TPSA) is 58.0 Å². The molecule has 1 heterocycles. The SMILES string of the molecule is CC(C)C(O)CNc1cc(Cl)nc(-c2ccccc2)n1. The van der Waals surface area contributed by atoms with E-state index in [1.165, 1.54) is 0 Å². The minimum absolute atomic E-state index is 0.188. The number of anilines is 1. The number of nitrogens with zero attached hydrogens (tertiary/aromatic N) is 2. The quantitative estimate of drug-likeness (QED) is 0.831. The van der Waals surface area contributed by atoms with Crippen molar-refractivity contribution in [2.45, 2.75) is 20.0 Å². The van der Waals surface area contributed by atoms with Gasteiger partial charge in [0.1, 0.15) is 11.0 Å². The van der Waals surface area contributed by atoms with Crippen LogP contribution in [0.5, 0.6) is 0 Å². The van der Waals surface area contributed by atoms with E-state index >= 15 is 0 Å². The maximum atomic E-state index is 9.80. The van der Waals surface area contributed by atoms with Crippen molar-refractivity contribution in [3.63, 3.8) is 0 Å². The van der Waals surface area contributed by atoms with Crippen molar-refractivity contribution in [1.82, 2.24) is 9.97 Å². The summed E-state index contributed by atoms with van der Waals surface area (Å²) in [5, 5.41) is 13.3. The standard InChI is InChI=1S/C15H18ClN3O/c1-10(2)12(20)9-17-14-8-13(16)18-15(19-14)11-6-4-3-5-7-11/h3-8,10,12,20H,9H2,1-2H3,(H,17,18,19). The zero-order chi connectivity index (χ0) is 14.5. The van der Waals surface area contributed by atoms with Crippen LogP contribution in [0.4, 0.5) is 5.82 Å². The molecule has 0 spiro atoms. The molecule has 1 aromatic carbocycles. The van der Waals surface area contributed by atoms with Gasteiger partial charge in [-0.1, -0.05) is 55.8 Å². The Morgan fingerprint density at radius 1 is 1.20 bits per heavy atom. The van der Waals surface area contributed by atoms with E-state index in [1.54, 1.807) is 6.07 Å². The molecule has 0 bridgehead atoms. The van der Waals surface area contributed by atoms with Crippen LogP contribution in [-0.4, -0.2) is 27.7 Å². The summed E-state index contributed by atoms with van der Waals surface area (Å²) >= 11 is 6.02. The fraction of sp³-hybridized carbons (Fsp3) is 0.333. The Balaban J connectivity index is 2.17. The summed E-state index contributed by atoms with van der Waals surface area (Å²) < 4.78 is 0. The molecule has 0 fully saturated rings. The molecule has 0 aliphatic carbocycles. The average Bonchev–Trinajstić information content (AvgIpc) is 2.45. The monoisotopic (exact) mass is 291 g/mol. The minimum Gasteiger partial charge on any atom is -0.391 e. The van der Waals surface area contributed by atoms with Gasteiger partial charge in [0, 0.05) is 18.2 Å². The van der Waals surface area contributed by atoms with E-state index in [0.29, 0.717) is 23.3 Å². The van der Waals surface area contributed by atoms with E-state index in [-0.39, 0.29) is 5.92 Å². The highest BCUT2D eigenvalue weighted by atomic mass is 35.5. The van der Waals surface area contributed by atoms with Crippen LogP contribution in [-0.2, 0) is 0 Å². The fourth-order valence-corrected chi connectivity index (χ4v) is 1.85. The molecule has 0 radical (unpaired) electrons. The number of halogens is 1. The number of hydrogen-bond donors (Lipinski definition) is 2. The molecule has 2 aromatic rings. The minimum atomic E-state index is -0.427. The fourth-order valence-electron chi connectivity index (χ4n) is 1.67. The summed E-state index contributed by atoms with van der Waals surface area (Å²) in [6.45, 7) is 4.36. The van der Waals surface area contributed by atoms with Crippen LogP contribution < -0.4 is 5.32 Å². The molecule has 2 N–H and O–H groups in total. The molecule has 20 heavy (non-hydrogen) atoms. The number of aliphatic hydroxyl groups excluding tert-OH is 1.